The van der Waals surface area contributed by atoms with Gasteiger partial charge < -0.3 is 10.1 Å². The van der Waals surface area contributed by atoms with E-state index in [0.29, 0.717) is 5.56 Å². The third-order valence-corrected chi connectivity index (χ3v) is 4.12. The van der Waals surface area contributed by atoms with Crippen molar-refractivity contribution in [1.82, 2.24) is 10.3 Å². The van der Waals surface area contributed by atoms with Crippen LogP contribution in [0.5, 0.6) is 5.75 Å². The van der Waals surface area contributed by atoms with Crippen molar-refractivity contribution < 1.29 is 13.9 Å². The molecule has 0 aliphatic rings. The maximum absolute atomic E-state index is 13.1. The molecule has 1 aromatic heterocycles. The number of rotatable bonds is 5. The molecule has 3 aromatic rings. The maximum atomic E-state index is 13.1. The van der Waals surface area contributed by atoms with E-state index in [4.69, 9.17) is 4.74 Å². The Labute approximate surface area is 151 Å². The molecule has 4 nitrogen and oxygen atoms in total. The molecule has 1 N–H and O–H groups in total. The van der Waals surface area contributed by atoms with Crippen LogP contribution in [0.1, 0.15) is 28.9 Å². The highest BCUT2D eigenvalue weighted by Crippen LogP contribution is 2.21. The summed E-state index contributed by atoms with van der Waals surface area (Å²) in [4.78, 5) is 16.7. The van der Waals surface area contributed by atoms with E-state index in [1.54, 1.807) is 31.5 Å². The second kappa shape index (κ2) is 7.78. The summed E-state index contributed by atoms with van der Waals surface area (Å²) >= 11 is 0. The summed E-state index contributed by atoms with van der Waals surface area (Å²) in [5, 5.41) is 2.96. The van der Waals surface area contributed by atoms with Gasteiger partial charge in [-0.1, -0.05) is 24.3 Å². The molecule has 0 radical (unpaired) electrons. The molecule has 0 spiro atoms. The number of hydrogen-bond acceptors (Lipinski definition) is 3. The number of amides is 1. The first-order valence-electron chi connectivity index (χ1n) is 8.22. The van der Waals surface area contributed by atoms with Gasteiger partial charge in [-0.2, -0.15) is 0 Å². The van der Waals surface area contributed by atoms with E-state index in [1.807, 2.05) is 31.2 Å². The van der Waals surface area contributed by atoms with Gasteiger partial charge in [-0.15, -0.1) is 0 Å². The number of nitrogens with one attached hydrogen (secondary N) is 1. The topological polar surface area (TPSA) is 51.2 Å². The predicted molar refractivity (Wildman–Crippen MR) is 98.5 cm³/mol. The number of methoxy groups -OCH3 is 1. The zero-order valence-corrected chi connectivity index (χ0v) is 14.6. The van der Waals surface area contributed by atoms with Gasteiger partial charge in [-0.05, 0) is 48.4 Å². The van der Waals surface area contributed by atoms with Crippen LogP contribution in [0, 0.1) is 5.82 Å². The molecule has 0 unspecified atom stereocenters. The lowest BCUT2D eigenvalue weighted by Crippen LogP contribution is -2.26. The van der Waals surface area contributed by atoms with Gasteiger partial charge in [-0.3, -0.25) is 9.78 Å². The Morgan fingerprint density at radius 1 is 1.08 bits per heavy atom. The fraction of sp³-hybridized carbons (Fsp3) is 0.143. The van der Waals surface area contributed by atoms with Crippen LogP contribution in [-0.4, -0.2) is 18.0 Å². The minimum atomic E-state index is -0.303. The molecule has 0 saturated heterocycles. The van der Waals surface area contributed by atoms with Gasteiger partial charge in [0.15, 0.2) is 0 Å². The Bertz CT molecular complexity index is 910. The van der Waals surface area contributed by atoms with Gasteiger partial charge in [0.25, 0.3) is 5.91 Å². The molecule has 5 heteroatoms. The average Bonchev–Trinajstić information content (AvgIpc) is 2.68. The molecule has 1 atom stereocenters. The zero-order chi connectivity index (χ0) is 18.5. The first kappa shape index (κ1) is 17.6. The Balaban J connectivity index is 1.77. The number of ether oxygens (including phenoxy) is 1. The molecular weight excluding hydrogens is 331 g/mol. The van der Waals surface area contributed by atoms with Gasteiger partial charge in [0.1, 0.15) is 11.6 Å². The van der Waals surface area contributed by atoms with E-state index in [1.165, 1.54) is 18.3 Å². The molecule has 0 fully saturated rings. The second-order valence-electron chi connectivity index (χ2n) is 5.94. The number of carbonyl (C=O) groups excluding carboxylic acids is 1. The standard InChI is InChI=1S/C21H19FN2O2/c1-14(16-4-3-5-20(11-16)26-2)24-21(25)18-10-17(12-23-13-18)15-6-8-19(22)9-7-15/h3-14H,1-2H3,(H,24,25)/t14-/m0/s1. The highest BCUT2D eigenvalue weighted by atomic mass is 19.1. The minimum absolute atomic E-state index is 0.188. The highest BCUT2D eigenvalue weighted by Gasteiger charge is 2.13. The van der Waals surface area contributed by atoms with Crippen LogP contribution in [0.4, 0.5) is 4.39 Å². The predicted octanol–water partition coefficient (Wildman–Crippen LogP) is 4.39. The smallest absolute Gasteiger partial charge is 0.253 e. The molecule has 0 saturated carbocycles. The van der Waals surface area contributed by atoms with Crippen LogP contribution in [0.25, 0.3) is 11.1 Å². The number of benzene rings is 2. The SMILES string of the molecule is COc1cccc([C@H](C)NC(=O)c2cncc(-c3ccc(F)cc3)c2)c1. The number of nitrogens with zero attached hydrogens (tertiary/aromatic N) is 1. The van der Waals surface area contributed by atoms with Crippen LogP contribution in [0.3, 0.4) is 0 Å². The average molecular weight is 350 g/mol. The monoisotopic (exact) mass is 350 g/mol. The Morgan fingerprint density at radius 2 is 1.85 bits per heavy atom. The fourth-order valence-electron chi connectivity index (χ4n) is 2.64. The van der Waals surface area contributed by atoms with E-state index in [-0.39, 0.29) is 17.8 Å². The number of aromatic nitrogens is 1. The summed E-state index contributed by atoms with van der Waals surface area (Å²) in [6.45, 7) is 1.91. The third kappa shape index (κ3) is 4.06. The Hall–Kier alpha value is -3.21. The van der Waals surface area contributed by atoms with Crippen LogP contribution in [0.15, 0.2) is 67.0 Å². The summed E-state index contributed by atoms with van der Waals surface area (Å²) in [6, 6.07) is 15.2. The summed E-state index contributed by atoms with van der Waals surface area (Å²) in [6.07, 6.45) is 3.16. The second-order valence-corrected chi connectivity index (χ2v) is 5.94. The van der Waals surface area contributed by atoms with Crippen molar-refractivity contribution in [3.63, 3.8) is 0 Å². The van der Waals surface area contributed by atoms with Crippen molar-refractivity contribution >= 4 is 5.91 Å². The maximum Gasteiger partial charge on any atom is 0.253 e. The van der Waals surface area contributed by atoms with Gasteiger partial charge in [0, 0.05) is 18.0 Å². The van der Waals surface area contributed by atoms with Gasteiger partial charge in [0.2, 0.25) is 0 Å². The van der Waals surface area contributed by atoms with E-state index < -0.39 is 0 Å². The van der Waals surface area contributed by atoms with Gasteiger partial charge in [-0.25, -0.2) is 4.39 Å². The van der Waals surface area contributed by atoms with Gasteiger partial charge in [0.05, 0.1) is 18.7 Å². The molecule has 0 bridgehead atoms. The van der Waals surface area contributed by atoms with Crippen molar-refractivity contribution in [3.8, 4) is 16.9 Å². The molecule has 0 aliphatic carbocycles. The summed E-state index contributed by atoms with van der Waals surface area (Å²) < 4.78 is 18.3. The van der Waals surface area contributed by atoms with Crippen molar-refractivity contribution in [2.75, 3.05) is 7.11 Å². The molecule has 132 valence electrons. The Morgan fingerprint density at radius 3 is 2.58 bits per heavy atom. The largest absolute Gasteiger partial charge is 0.497 e. The number of hydrogen-bond donors (Lipinski definition) is 1. The van der Waals surface area contributed by atoms with E-state index in [9.17, 15) is 9.18 Å². The molecule has 2 aromatic carbocycles. The van der Waals surface area contributed by atoms with E-state index in [0.717, 1.165) is 22.4 Å². The van der Waals surface area contributed by atoms with Crippen molar-refractivity contribution in [1.29, 1.82) is 0 Å². The normalized spacial score (nSPS) is 11.7. The fourth-order valence-corrected chi connectivity index (χ4v) is 2.64. The highest BCUT2D eigenvalue weighted by molar-refractivity contribution is 5.95. The van der Waals surface area contributed by atoms with Crippen molar-refractivity contribution in [2.45, 2.75) is 13.0 Å². The first-order valence-corrected chi connectivity index (χ1v) is 8.22. The summed E-state index contributed by atoms with van der Waals surface area (Å²) in [5.74, 6) is 0.211. The van der Waals surface area contributed by atoms with Crippen molar-refractivity contribution in [2.24, 2.45) is 0 Å². The Kier molecular flexibility index (Phi) is 5.27. The number of pyridine rings is 1. The lowest BCUT2D eigenvalue weighted by atomic mass is 10.0. The lowest BCUT2D eigenvalue weighted by Gasteiger charge is -2.15. The van der Waals surface area contributed by atoms with Crippen LogP contribution < -0.4 is 10.1 Å². The third-order valence-electron chi connectivity index (χ3n) is 4.12. The van der Waals surface area contributed by atoms with Crippen molar-refractivity contribution in [3.05, 3.63) is 83.9 Å². The summed E-state index contributed by atoms with van der Waals surface area (Å²) in [7, 11) is 1.61. The first-order chi connectivity index (χ1) is 12.6. The molecule has 0 aliphatic heterocycles. The molecule has 3 rings (SSSR count). The van der Waals surface area contributed by atoms with Crippen LogP contribution in [-0.2, 0) is 0 Å². The molecule has 1 amide bonds. The van der Waals surface area contributed by atoms with Gasteiger partial charge >= 0.3 is 0 Å². The molecule has 1 heterocycles. The number of carbonyl (C=O) groups is 1. The summed E-state index contributed by atoms with van der Waals surface area (Å²) in [5.41, 5.74) is 2.95. The van der Waals surface area contributed by atoms with E-state index in [2.05, 4.69) is 10.3 Å². The minimum Gasteiger partial charge on any atom is -0.497 e. The molecule has 26 heavy (non-hydrogen) atoms. The lowest BCUT2D eigenvalue weighted by molar-refractivity contribution is 0.0939. The van der Waals surface area contributed by atoms with Crippen LogP contribution >= 0.6 is 0 Å². The molecular formula is C21H19FN2O2. The van der Waals surface area contributed by atoms with Crippen LogP contribution in [0.2, 0.25) is 0 Å². The quantitative estimate of drug-likeness (QED) is 0.743. The van der Waals surface area contributed by atoms with E-state index >= 15 is 0 Å². The zero-order valence-electron chi connectivity index (χ0n) is 14.6. The number of halogens is 1.